The van der Waals surface area contributed by atoms with E-state index in [4.69, 9.17) is 0 Å². The summed E-state index contributed by atoms with van der Waals surface area (Å²) in [6, 6.07) is 7.62. The van der Waals surface area contributed by atoms with Gasteiger partial charge in [-0.15, -0.1) is 0 Å². The quantitative estimate of drug-likeness (QED) is 0.807. The van der Waals surface area contributed by atoms with Gasteiger partial charge in [0.05, 0.1) is 5.25 Å². The van der Waals surface area contributed by atoms with Gasteiger partial charge in [-0.2, -0.15) is 0 Å². The first-order valence-electron chi connectivity index (χ1n) is 8.71. The molecule has 25 heavy (non-hydrogen) atoms. The molecule has 0 N–H and O–H groups in total. The number of amides is 2. The zero-order valence-electron chi connectivity index (χ0n) is 14.5. The number of hydrogen-bond acceptors (Lipinski definition) is 4. The SMILES string of the molecule is CC(=O)N1CCN(C(=O)CS(=O)(=O)C2CCCc3ccccc32)CC1. The van der Waals surface area contributed by atoms with Crippen molar-refractivity contribution in [3.8, 4) is 0 Å². The molecule has 0 saturated carbocycles. The van der Waals surface area contributed by atoms with Gasteiger partial charge in [-0.25, -0.2) is 8.42 Å². The van der Waals surface area contributed by atoms with Crippen molar-refractivity contribution >= 4 is 21.7 Å². The third kappa shape index (κ3) is 3.86. The summed E-state index contributed by atoms with van der Waals surface area (Å²) < 4.78 is 25.7. The average molecular weight is 364 g/mol. The van der Waals surface area contributed by atoms with E-state index in [0.717, 1.165) is 24.0 Å². The number of sulfone groups is 1. The second kappa shape index (κ2) is 7.15. The van der Waals surface area contributed by atoms with Crippen LogP contribution in [0.15, 0.2) is 24.3 Å². The van der Waals surface area contributed by atoms with E-state index < -0.39 is 20.8 Å². The molecule has 1 heterocycles. The number of nitrogens with zero attached hydrogens (tertiary/aromatic N) is 2. The summed E-state index contributed by atoms with van der Waals surface area (Å²) >= 11 is 0. The number of hydrogen-bond donors (Lipinski definition) is 0. The highest BCUT2D eigenvalue weighted by molar-refractivity contribution is 7.92. The van der Waals surface area contributed by atoms with Crippen LogP contribution in [0.5, 0.6) is 0 Å². The van der Waals surface area contributed by atoms with Gasteiger partial charge < -0.3 is 9.80 Å². The third-order valence-corrected chi connectivity index (χ3v) is 7.16. The summed E-state index contributed by atoms with van der Waals surface area (Å²) in [4.78, 5) is 27.1. The first kappa shape index (κ1) is 17.9. The Balaban J connectivity index is 1.68. The van der Waals surface area contributed by atoms with Crippen molar-refractivity contribution in [3.63, 3.8) is 0 Å². The zero-order chi connectivity index (χ0) is 18.0. The maximum absolute atomic E-state index is 12.9. The minimum Gasteiger partial charge on any atom is -0.339 e. The maximum Gasteiger partial charge on any atom is 0.237 e. The molecule has 1 atom stereocenters. The highest BCUT2D eigenvalue weighted by atomic mass is 32.2. The molecule has 2 aliphatic rings. The van der Waals surface area contributed by atoms with Gasteiger partial charge in [0, 0.05) is 33.1 Å². The molecular weight excluding hydrogens is 340 g/mol. The number of aryl methyl sites for hydroxylation is 1. The van der Waals surface area contributed by atoms with Gasteiger partial charge in [0.1, 0.15) is 5.75 Å². The summed E-state index contributed by atoms with van der Waals surface area (Å²) in [6.45, 7) is 3.23. The Bertz CT molecular complexity index is 767. The predicted molar refractivity (Wildman–Crippen MR) is 94.7 cm³/mol. The van der Waals surface area contributed by atoms with E-state index >= 15 is 0 Å². The number of carbonyl (C=O) groups is 2. The van der Waals surface area contributed by atoms with E-state index in [0.29, 0.717) is 32.6 Å². The van der Waals surface area contributed by atoms with Gasteiger partial charge in [-0.05, 0) is 30.4 Å². The zero-order valence-corrected chi connectivity index (χ0v) is 15.3. The molecule has 1 aliphatic heterocycles. The molecule has 0 aromatic heterocycles. The van der Waals surface area contributed by atoms with Crippen LogP contribution in [0.1, 0.15) is 36.1 Å². The van der Waals surface area contributed by atoms with Crippen LogP contribution in [0.25, 0.3) is 0 Å². The van der Waals surface area contributed by atoms with Gasteiger partial charge in [0.15, 0.2) is 9.84 Å². The molecule has 7 heteroatoms. The molecule has 3 rings (SSSR count). The van der Waals surface area contributed by atoms with E-state index in [1.807, 2.05) is 24.3 Å². The maximum atomic E-state index is 12.9. The Kier molecular flexibility index (Phi) is 5.13. The molecule has 1 aromatic carbocycles. The second-order valence-corrected chi connectivity index (χ2v) is 8.96. The summed E-state index contributed by atoms with van der Waals surface area (Å²) in [5.41, 5.74) is 1.92. The monoisotopic (exact) mass is 364 g/mol. The largest absolute Gasteiger partial charge is 0.339 e. The van der Waals surface area contributed by atoms with Crippen LogP contribution in [-0.2, 0) is 25.8 Å². The lowest BCUT2D eigenvalue weighted by molar-refractivity contribution is -0.136. The highest BCUT2D eigenvalue weighted by Gasteiger charge is 2.34. The molecule has 0 radical (unpaired) electrons. The summed E-state index contributed by atoms with van der Waals surface area (Å²) in [7, 11) is -3.55. The Labute approximate surface area is 148 Å². The molecule has 1 saturated heterocycles. The fourth-order valence-corrected chi connectivity index (χ4v) is 5.59. The molecule has 0 bridgehead atoms. The Morgan fingerprint density at radius 2 is 1.72 bits per heavy atom. The summed E-state index contributed by atoms with van der Waals surface area (Å²) in [5, 5.41) is -0.583. The Morgan fingerprint density at radius 1 is 1.08 bits per heavy atom. The predicted octanol–water partition coefficient (Wildman–Crippen LogP) is 1.17. The normalized spacial score (nSPS) is 20.9. The minimum absolute atomic E-state index is 0.0152. The molecule has 1 unspecified atom stereocenters. The van der Waals surface area contributed by atoms with Gasteiger partial charge in [-0.3, -0.25) is 9.59 Å². The number of benzene rings is 1. The van der Waals surface area contributed by atoms with Crippen molar-refractivity contribution in [1.29, 1.82) is 0 Å². The lowest BCUT2D eigenvalue weighted by atomic mass is 9.91. The number of carbonyl (C=O) groups excluding carboxylic acids is 2. The molecule has 1 fully saturated rings. The highest BCUT2D eigenvalue weighted by Crippen LogP contribution is 2.36. The molecular formula is C18H24N2O4S. The van der Waals surface area contributed by atoms with Crippen LogP contribution in [-0.4, -0.2) is 62.0 Å². The van der Waals surface area contributed by atoms with Gasteiger partial charge in [-0.1, -0.05) is 24.3 Å². The van der Waals surface area contributed by atoms with Crippen LogP contribution in [0, 0.1) is 0 Å². The van der Waals surface area contributed by atoms with Crippen molar-refractivity contribution in [1.82, 2.24) is 9.80 Å². The Morgan fingerprint density at radius 3 is 2.40 bits per heavy atom. The minimum atomic E-state index is -3.55. The van der Waals surface area contributed by atoms with Gasteiger partial charge in [0.2, 0.25) is 11.8 Å². The van der Waals surface area contributed by atoms with Gasteiger partial charge >= 0.3 is 0 Å². The van der Waals surface area contributed by atoms with Crippen LogP contribution < -0.4 is 0 Å². The summed E-state index contributed by atoms with van der Waals surface area (Å²) in [5.74, 6) is -0.823. The molecule has 1 aromatic rings. The molecule has 2 amide bonds. The van der Waals surface area contributed by atoms with Crippen molar-refractivity contribution in [2.24, 2.45) is 0 Å². The van der Waals surface area contributed by atoms with Crippen LogP contribution in [0.2, 0.25) is 0 Å². The topological polar surface area (TPSA) is 74.8 Å². The van der Waals surface area contributed by atoms with Crippen molar-refractivity contribution in [2.45, 2.75) is 31.4 Å². The number of piperazine rings is 1. The van der Waals surface area contributed by atoms with Crippen molar-refractivity contribution < 1.29 is 18.0 Å². The molecule has 1 aliphatic carbocycles. The first-order chi connectivity index (χ1) is 11.9. The first-order valence-corrected chi connectivity index (χ1v) is 10.4. The Hall–Kier alpha value is -1.89. The smallest absolute Gasteiger partial charge is 0.237 e. The number of fused-ring (bicyclic) bond motifs is 1. The van der Waals surface area contributed by atoms with Crippen LogP contribution in [0.3, 0.4) is 0 Å². The number of rotatable bonds is 3. The fraction of sp³-hybridized carbons (Fsp3) is 0.556. The molecule has 6 nitrogen and oxygen atoms in total. The van der Waals surface area contributed by atoms with Gasteiger partial charge in [0.25, 0.3) is 0 Å². The lowest BCUT2D eigenvalue weighted by Crippen LogP contribution is -2.51. The van der Waals surface area contributed by atoms with E-state index in [1.54, 1.807) is 9.80 Å². The van der Waals surface area contributed by atoms with E-state index in [-0.39, 0.29) is 11.8 Å². The molecule has 136 valence electrons. The molecule has 0 spiro atoms. The average Bonchev–Trinajstić information content (AvgIpc) is 2.61. The van der Waals surface area contributed by atoms with E-state index in [9.17, 15) is 18.0 Å². The standard InChI is InChI=1S/C18H24N2O4S/c1-14(21)19-9-11-20(12-10-19)18(22)13-25(23,24)17-8-4-6-15-5-2-3-7-16(15)17/h2-3,5,7,17H,4,6,8-13H2,1H3. The summed E-state index contributed by atoms with van der Waals surface area (Å²) in [6.07, 6.45) is 2.29. The fourth-order valence-electron chi connectivity index (χ4n) is 3.72. The lowest BCUT2D eigenvalue weighted by Gasteiger charge is -2.34. The van der Waals surface area contributed by atoms with E-state index in [2.05, 4.69) is 0 Å². The van der Waals surface area contributed by atoms with Crippen LogP contribution >= 0.6 is 0 Å². The van der Waals surface area contributed by atoms with E-state index in [1.165, 1.54) is 6.92 Å². The van der Waals surface area contributed by atoms with Crippen LogP contribution in [0.4, 0.5) is 0 Å². The van der Waals surface area contributed by atoms with Crippen molar-refractivity contribution in [3.05, 3.63) is 35.4 Å². The third-order valence-electron chi connectivity index (χ3n) is 5.15. The second-order valence-electron chi connectivity index (χ2n) is 6.77. The van der Waals surface area contributed by atoms with Crippen molar-refractivity contribution in [2.75, 3.05) is 31.9 Å².